The third-order valence-electron chi connectivity index (χ3n) is 11.1. The van der Waals surface area contributed by atoms with Gasteiger partial charge in [-0.3, -0.25) is 9.59 Å². The van der Waals surface area contributed by atoms with E-state index >= 15 is 0 Å². The molecule has 8 aliphatic rings. The summed E-state index contributed by atoms with van der Waals surface area (Å²) in [5.74, 6) is 2.01. The van der Waals surface area contributed by atoms with Gasteiger partial charge in [0, 0.05) is 19.3 Å². The first-order valence-corrected chi connectivity index (χ1v) is 16.0. The van der Waals surface area contributed by atoms with Crippen molar-refractivity contribution >= 4 is 11.9 Å². The van der Waals surface area contributed by atoms with E-state index in [2.05, 4.69) is 13.2 Å². The summed E-state index contributed by atoms with van der Waals surface area (Å²) in [6, 6.07) is 0. The Kier molecular flexibility index (Phi) is 8.66. The molecule has 8 fully saturated rings. The largest absolute Gasteiger partial charge is 0.463 e. The van der Waals surface area contributed by atoms with Gasteiger partial charge in [-0.25, -0.2) is 9.78 Å². The lowest BCUT2D eigenvalue weighted by Crippen LogP contribution is -2.70. The van der Waals surface area contributed by atoms with E-state index in [0.29, 0.717) is 75.1 Å². The quantitative estimate of drug-likeness (QED) is 0.114. The summed E-state index contributed by atoms with van der Waals surface area (Å²) in [5, 5.41) is 0. The number of carbonyl (C=O) groups is 2. The highest BCUT2D eigenvalue weighted by Crippen LogP contribution is 2.68. The van der Waals surface area contributed by atoms with Crippen LogP contribution in [0.4, 0.5) is 0 Å². The highest BCUT2D eigenvalue weighted by Gasteiger charge is 2.69. The molecule has 0 amide bonds. The molecule has 2 heterocycles. The molecular weight excluding hydrogens is 524 g/mol. The van der Waals surface area contributed by atoms with E-state index in [1.807, 2.05) is 0 Å². The maximum atomic E-state index is 11.9. The second kappa shape index (κ2) is 12.1. The number of ether oxygens (including phenoxy) is 4. The van der Waals surface area contributed by atoms with E-state index in [9.17, 15) is 9.59 Å². The Bertz CT molecular complexity index is 978. The minimum absolute atomic E-state index is 0.0418. The molecule has 1 spiro atoms. The molecule has 0 N–H and O–H groups in total. The minimum Gasteiger partial charge on any atom is -0.463 e. The van der Waals surface area contributed by atoms with E-state index in [0.717, 1.165) is 44.9 Å². The zero-order valence-electron chi connectivity index (χ0n) is 24.5. The van der Waals surface area contributed by atoms with Crippen LogP contribution in [0.3, 0.4) is 0 Å². The number of hydrogen-bond donors (Lipinski definition) is 0. The predicted octanol–water partition coefficient (Wildman–Crippen LogP) is 5.64. The Hall–Kier alpha value is -1.74. The molecule has 5 unspecified atom stereocenters. The van der Waals surface area contributed by atoms with Crippen LogP contribution < -0.4 is 0 Å². The van der Waals surface area contributed by atoms with Gasteiger partial charge < -0.3 is 18.9 Å². The SMILES string of the molecule is C=CCCC(=O)OCCOC12CC3CC(C1)C1(OOC4CC5C[C@H]1CC(OCCOC(=O)CCC=C)(C5)C4)C(C3)C2. The van der Waals surface area contributed by atoms with Crippen molar-refractivity contribution in [2.24, 2.45) is 29.6 Å². The van der Waals surface area contributed by atoms with Crippen LogP contribution in [-0.2, 0) is 38.3 Å². The number of carbonyl (C=O) groups excluding carboxylic acids is 2. The van der Waals surface area contributed by atoms with E-state index < -0.39 is 0 Å². The molecular formula is C33H48O8. The summed E-state index contributed by atoms with van der Waals surface area (Å²) in [6.07, 6.45) is 16.0. The van der Waals surface area contributed by atoms with Crippen LogP contribution in [-0.4, -0.2) is 61.3 Å². The summed E-state index contributed by atoms with van der Waals surface area (Å²) in [5.41, 5.74) is -0.675. The maximum absolute atomic E-state index is 11.9. The van der Waals surface area contributed by atoms with E-state index in [1.165, 1.54) is 19.3 Å². The van der Waals surface area contributed by atoms with Gasteiger partial charge in [0.2, 0.25) is 0 Å². The summed E-state index contributed by atoms with van der Waals surface area (Å²) < 4.78 is 24.0. The van der Waals surface area contributed by atoms with Gasteiger partial charge in [-0.05, 0) is 100 Å². The van der Waals surface area contributed by atoms with Gasteiger partial charge in [0.25, 0.3) is 0 Å². The Morgan fingerprint density at radius 1 is 0.683 bits per heavy atom. The average Bonchev–Trinajstić information content (AvgIpc) is 2.94. The summed E-state index contributed by atoms with van der Waals surface area (Å²) in [6.45, 7) is 8.79. The first-order valence-electron chi connectivity index (χ1n) is 16.0. The smallest absolute Gasteiger partial charge is 0.306 e. The maximum Gasteiger partial charge on any atom is 0.306 e. The average molecular weight is 573 g/mol. The van der Waals surface area contributed by atoms with Crippen molar-refractivity contribution in [2.75, 3.05) is 26.4 Å². The van der Waals surface area contributed by atoms with Gasteiger partial charge in [0.1, 0.15) is 18.8 Å². The molecule has 8 bridgehead atoms. The normalized spacial score (nSPS) is 41.7. The molecule has 0 aromatic rings. The molecule has 8 heteroatoms. The fraction of sp³-hybridized carbons (Fsp3) is 0.818. The summed E-state index contributed by atoms with van der Waals surface area (Å²) in [4.78, 5) is 36.9. The lowest BCUT2D eigenvalue weighted by Gasteiger charge is -2.68. The van der Waals surface area contributed by atoms with Gasteiger partial charge in [-0.15, -0.1) is 13.2 Å². The summed E-state index contributed by atoms with van der Waals surface area (Å²) in [7, 11) is 0. The van der Waals surface area contributed by atoms with Gasteiger partial charge in [-0.1, -0.05) is 12.2 Å². The van der Waals surface area contributed by atoms with E-state index in [1.54, 1.807) is 12.2 Å². The number of esters is 2. The Labute approximate surface area is 244 Å². The van der Waals surface area contributed by atoms with Crippen LogP contribution in [0.15, 0.2) is 25.3 Å². The molecule has 0 radical (unpaired) electrons. The van der Waals surface area contributed by atoms with Crippen molar-refractivity contribution in [3.8, 4) is 0 Å². The third-order valence-corrected chi connectivity index (χ3v) is 11.1. The van der Waals surface area contributed by atoms with Crippen molar-refractivity contribution < 1.29 is 38.3 Å². The zero-order valence-corrected chi connectivity index (χ0v) is 24.5. The monoisotopic (exact) mass is 572 g/mol. The molecule has 2 saturated heterocycles. The van der Waals surface area contributed by atoms with Crippen molar-refractivity contribution in [1.82, 2.24) is 0 Å². The highest BCUT2D eigenvalue weighted by atomic mass is 17.2. The van der Waals surface area contributed by atoms with E-state index in [-0.39, 0.29) is 41.5 Å². The number of hydrogen-bond acceptors (Lipinski definition) is 8. The van der Waals surface area contributed by atoms with Crippen LogP contribution >= 0.6 is 0 Å². The molecule has 8 nitrogen and oxygen atoms in total. The predicted molar refractivity (Wildman–Crippen MR) is 150 cm³/mol. The molecule has 6 aliphatic carbocycles. The van der Waals surface area contributed by atoms with Gasteiger partial charge in [0.05, 0.1) is 30.5 Å². The number of rotatable bonds is 14. The zero-order chi connectivity index (χ0) is 28.5. The topological polar surface area (TPSA) is 89.5 Å². The second-order valence-corrected chi connectivity index (χ2v) is 13.8. The van der Waals surface area contributed by atoms with Crippen LogP contribution in [0.1, 0.15) is 89.9 Å². The molecule has 0 aromatic heterocycles. The molecule has 8 rings (SSSR count). The van der Waals surface area contributed by atoms with Gasteiger partial charge in [-0.2, -0.15) is 0 Å². The second-order valence-electron chi connectivity index (χ2n) is 13.8. The van der Waals surface area contributed by atoms with Crippen molar-refractivity contribution in [2.45, 2.75) is 113 Å². The van der Waals surface area contributed by atoms with Gasteiger partial charge in [0.15, 0.2) is 0 Å². The first kappa shape index (κ1) is 29.3. The first-order chi connectivity index (χ1) is 19.9. The molecule has 6 atom stereocenters. The lowest BCUT2D eigenvalue weighted by atomic mass is 9.43. The van der Waals surface area contributed by atoms with Crippen molar-refractivity contribution in [3.63, 3.8) is 0 Å². The van der Waals surface area contributed by atoms with Crippen molar-refractivity contribution in [1.29, 1.82) is 0 Å². The van der Waals surface area contributed by atoms with E-state index in [4.69, 9.17) is 28.7 Å². The van der Waals surface area contributed by atoms with Crippen molar-refractivity contribution in [3.05, 3.63) is 25.3 Å². The highest BCUT2D eigenvalue weighted by molar-refractivity contribution is 5.69. The third kappa shape index (κ3) is 5.91. The Morgan fingerprint density at radius 3 is 1.68 bits per heavy atom. The summed E-state index contributed by atoms with van der Waals surface area (Å²) >= 11 is 0. The van der Waals surface area contributed by atoms with Gasteiger partial charge >= 0.3 is 11.9 Å². The minimum atomic E-state index is -0.287. The number of allylic oxidation sites excluding steroid dienone is 2. The van der Waals surface area contributed by atoms with Crippen LogP contribution in [0.5, 0.6) is 0 Å². The molecule has 228 valence electrons. The fourth-order valence-corrected chi connectivity index (χ4v) is 9.98. The fourth-order valence-electron chi connectivity index (χ4n) is 9.98. The Morgan fingerprint density at radius 2 is 1.17 bits per heavy atom. The Balaban J connectivity index is 1.10. The lowest BCUT2D eigenvalue weighted by molar-refractivity contribution is -0.464. The standard InChI is InChI=1S/C33H48O8/c1-3-5-7-29(34)36-9-11-38-31-17-23-13-25(19-31)33(26(14-23)20-31)27-15-24-16-28(40-41-33)22-32(18-24,21-27)39-12-10-37-30(35)8-6-4-2/h3-4,23-28H,1-2,5-22H2/t23?,24?,25?,26?,27-,28?,31?,32?,33?/m0/s1. The molecule has 2 aliphatic heterocycles. The van der Waals surface area contributed by atoms with Crippen LogP contribution in [0, 0.1) is 29.6 Å². The van der Waals surface area contributed by atoms with Crippen LogP contribution in [0.25, 0.3) is 0 Å². The number of fused-ring (bicyclic) bond motifs is 1. The van der Waals surface area contributed by atoms with Crippen LogP contribution in [0.2, 0.25) is 0 Å². The molecule has 6 saturated carbocycles. The molecule has 41 heavy (non-hydrogen) atoms. The molecule has 0 aromatic carbocycles.